The lowest BCUT2D eigenvalue weighted by Crippen LogP contribution is -2.34. The SMILES string of the molecule is CCc1ccc(CC(C)(CN)c2cccc(C)c2)cc1. The molecule has 1 nitrogen and oxygen atoms in total. The van der Waals surface area contributed by atoms with Crippen LogP contribution in [-0.4, -0.2) is 6.54 Å². The number of hydrogen-bond donors (Lipinski definition) is 1. The van der Waals surface area contributed by atoms with Crippen molar-refractivity contribution >= 4 is 0 Å². The molecule has 0 heterocycles. The molecule has 106 valence electrons. The third kappa shape index (κ3) is 3.29. The van der Waals surface area contributed by atoms with Crippen LogP contribution in [0.5, 0.6) is 0 Å². The molecule has 20 heavy (non-hydrogen) atoms. The van der Waals surface area contributed by atoms with Crippen LogP contribution >= 0.6 is 0 Å². The third-order valence-electron chi connectivity index (χ3n) is 4.19. The molecule has 0 fully saturated rings. The fourth-order valence-corrected chi connectivity index (χ4v) is 2.66. The normalized spacial score (nSPS) is 14.0. The Balaban J connectivity index is 2.26. The molecule has 0 bridgehead atoms. The van der Waals surface area contributed by atoms with Gasteiger partial charge >= 0.3 is 0 Å². The summed E-state index contributed by atoms with van der Waals surface area (Å²) >= 11 is 0. The van der Waals surface area contributed by atoms with E-state index in [2.05, 4.69) is 69.3 Å². The van der Waals surface area contributed by atoms with Crippen molar-refractivity contribution in [1.82, 2.24) is 0 Å². The van der Waals surface area contributed by atoms with Gasteiger partial charge in [-0.05, 0) is 36.5 Å². The van der Waals surface area contributed by atoms with Crippen molar-refractivity contribution in [2.75, 3.05) is 6.54 Å². The molecule has 2 aromatic carbocycles. The van der Waals surface area contributed by atoms with Gasteiger partial charge in [0.2, 0.25) is 0 Å². The van der Waals surface area contributed by atoms with Crippen LogP contribution in [0.3, 0.4) is 0 Å². The molecular weight excluding hydrogens is 242 g/mol. The molecule has 0 radical (unpaired) electrons. The Morgan fingerprint density at radius 3 is 2.20 bits per heavy atom. The Kier molecular flexibility index (Phi) is 4.61. The molecule has 0 aliphatic heterocycles. The second kappa shape index (κ2) is 6.23. The van der Waals surface area contributed by atoms with Gasteiger partial charge in [-0.3, -0.25) is 0 Å². The van der Waals surface area contributed by atoms with Crippen LogP contribution in [0.4, 0.5) is 0 Å². The van der Waals surface area contributed by atoms with Crippen LogP contribution in [0.25, 0.3) is 0 Å². The Morgan fingerprint density at radius 1 is 1.00 bits per heavy atom. The maximum absolute atomic E-state index is 6.09. The van der Waals surface area contributed by atoms with E-state index < -0.39 is 0 Å². The molecule has 1 unspecified atom stereocenters. The van der Waals surface area contributed by atoms with Gasteiger partial charge in [0.15, 0.2) is 0 Å². The number of aryl methyl sites for hydroxylation is 2. The fraction of sp³-hybridized carbons (Fsp3) is 0.368. The van der Waals surface area contributed by atoms with Gasteiger partial charge < -0.3 is 5.73 Å². The molecule has 0 saturated carbocycles. The van der Waals surface area contributed by atoms with Crippen LogP contribution in [0.2, 0.25) is 0 Å². The Hall–Kier alpha value is -1.60. The first-order valence-electron chi connectivity index (χ1n) is 7.42. The van der Waals surface area contributed by atoms with Gasteiger partial charge in [0.1, 0.15) is 0 Å². The summed E-state index contributed by atoms with van der Waals surface area (Å²) < 4.78 is 0. The third-order valence-corrected chi connectivity index (χ3v) is 4.19. The highest BCUT2D eigenvalue weighted by atomic mass is 14.6. The van der Waals surface area contributed by atoms with Crippen LogP contribution < -0.4 is 5.73 Å². The highest BCUT2D eigenvalue weighted by Gasteiger charge is 2.25. The highest BCUT2D eigenvalue weighted by Crippen LogP contribution is 2.28. The fourth-order valence-electron chi connectivity index (χ4n) is 2.66. The second-order valence-corrected chi connectivity index (χ2v) is 5.98. The summed E-state index contributed by atoms with van der Waals surface area (Å²) in [7, 11) is 0. The Morgan fingerprint density at radius 2 is 1.65 bits per heavy atom. The smallest absolute Gasteiger partial charge is 0.00876 e. The van der Waals surface area contributed by atoms with Gasteiger partial charge in [0.25, 0.3) is 0 Å². The van der Waals surface area contributed by atoms with E-state index in [4.69, 9.17) is 5.73 Å². The van der Waals surface area contributed by atoms with Crippen LogP contribution in [0.15, 0.2) is 48.5 Å². The molecule has 2 N–H and O–H groups in total. The number of nitrogens with two attached hydrogens (primary N) is 1. The molecule has 0 amide bonds. The predicted molar refractivity (Wildman–Crippen MR) is 87.1 cm³/mol. The van der Waals surface area contributed by atoms with Crippen molar-refractivity contribution in [3.8, 4) is 0 Å². The van der Waals surface area contributed by atoms with E-state index in [1.807, 2.05) is 0 Å². The van der Waals surface area contributed by atoms with Crippen LogP contribution in [-0.2, 0) is 18.3 Å². The largest absolute Gasteiger partial charge is 0.330 e. The number of hydrogen-bond acceptors (Lipinski definition) is 1. The van der Waals surface area contributed by atoms with Crippen molar-refractivity contribution < 1.29 is 0 Å². The summed E-state index contributed by atoms with van der Waals surface area (Å²) in [5, 5.41) is 0. The van der Waals surface area contributed by atoms with Crippen molar-refractivity contribution in [2.45, 2.75) is 39.0 Å². The Labute approximate surface area is 122 Å². The zero-order valence-corrected chi connectivity index (χ0v) is 12.8. The van der Waals surface area contributed by atoms with Gasteiger partial charge in [0, 0.05) is 12.0 Å². The monoisotopic (exact) mass is 267 g/mol. The van der Waals surface area contributed by atoms with E-state index in [0.717, 1.165) is 12.8 Å². The molecule has 0 aromatic heterocycles. The van der Waals surface area contributed by atoms with E-state index in [0.29, 0.717) is 6.54 Å². The summed E-state index contributed by atoms with van der Waals surface area (Å²) in [5.74, 6) is 0. The van der Waals surface area contributed by atoms with Gasteiger partial charge in [-0.2, -0.15) is 0 Å². The molecule has 1 heteroatoms. The average molecular weight is 267 g/mol. The summed E-state index contributed by atoms with van der Waals surface area (Å²) in [6.07, 6.45) is 2.07. The summed E-state index contributed by atoms with van der Waals surface area (Å²) in [6.45, 7) is 7.24. The first-order valence-corrected chi connectivity index (χ1v) is 7.42. The van der Waals surface area contributed by atoms with Gasteiger partial charge in [-0.25, -0.2) is 0 Å². The molecule has 1 atom stereocenters. The molecule has 0 aliphatic rings. The van der Waals surface area contributed by atoms with Crippen LogP contribution in [0.1, 0.15) is 36.1 Å². The van der Waals surface area contributed by atoms with E-state index in [9.17, 15) is 0 Å². The topological polar surface area (TPSA) is 26.0 Å². The van der Waals surface area contributed by atoms with Crippen molar-refractivity contribution in [2.24, 2.45) is 5.73 Å². The molecule has 0 spiro atoms. The van der Waals surface area contributed by atoms with Crippen molar-refractivity contribution in [1.29, 1.82) is 0 Å². The second-order valence-electron chi connectivity index (χ2n) is 5.98. The molecule has 2 aromatic rings. The van der Waals surface area contributed by atoms with E-state index in [1.165, 1.54) is 22.3 Å². The van der Waals surface area contributed by atoms with Crippen molar-refractivity contribution in [3.05, 3.63) is 70.8 Å². The average Bonchev–Trinajstić information content (AvgIpc) is 2.48. The molecule has 0 saturated heterocycles. The van der Waals surface area contributed by atoms with Gasteiger partial charge in [-0.1, -0.05) is 67.9 Å². The van der Waals surface area contributed by atoms with Gasteiger partial charge in [0.05, 0.1) is 0 Å². The maximum Gasteiger partial charge on any atom is 0.00876 e. The minimum absolute atomic E-state index is 0.000247. The predicted octanol–water partition coefficient (Wildman–Crippen LogP) is 4.02. The summed E-state index contributed by atoms with van der Waals surface area (Å²) in [4.78, 5) is 0. The first kappa shape index (κ1) is 14.8. The molecular formula is C19H25N. The molecule has 0 aliphatic carbocycles. The lowest BCUT2D eigenvalue weighted by Gasteiger charge is -2.29. The minimum atomic E-state index is -0.000247. The molecule has 2 rings (SSSR count). The Bertz CT molecular complexity index is 556. The van der Waals surface area contributed by atoms with E-state index in [-0.39, 0.29) is 5.41 Å². The van der Waals surface area contributed by atoms with E-state index in [1.54, 1.807) is 0 Å². The quantitative estimate of drug-likeness (QED) is 0.870. The van der Waals surface area contributed by atoms with Gasteiger partial charge in [-0.15, -0.1) is 0 Å². The minimum Gasteiger partial charge on any atom is -0.330 e. The summed E-state index contributed by atoms with van der Waals surface area (Å²) in [6, 6.07) is 17.6. The zero-order chi connectivity index (χ0) is 14.6. The zero-order valence-electron chi connectivity index (χ0n) is 12.8. The van der Waals surface area contributed by atoms with Crippen molar-refractivity contribution in [3.63, 3.8) is 0 Å². The first-order chi connectivity index (χ1) is 9.57. The van der Waals surface area contributed by atoms with E-state index >= 15 is 0 Å². The number of benzene rings is 2. The lowest BCUT2D eigenvalue weighted by molar-refractivity contribution is 0.480. The maximum atomic E-state index is 6.09. The standard InChI is InChI=1S/C19H25N/c1-4-16-8-10-17(11-9-16)13-19(3,14-20)18-7-5-6-15(2)12-18/h5-12H,4,13-14,20H2,1-3H3. The number of rotatable bonds is 5. The van der Waals surface area contributed by atoms with Crippen LogP contribution in [0, 0.1) is 6.92 Å². The highest BCUT2D eigenvalue weighted by molar-refractivity contribution is 5.33. The lowest BCUT2D eigenvalue weighted by atomic mass is 9.77. The summed E-state index contributed by atoms with van der Waals surface area (Å²) in [5.41, 5.74) is 11.5.